The van der Waals surface area contributed by atoms with Crippen molar-refractivity contribution < 1.29 is 24.2 Å². The van der Waals surface area contributed by atoms with Crippen LogP contribution in [-0.2, 0) is 4.79 Å². The summed E-state index contributed by atoms with van der Waals surface area (Å²) in [7, 11) is 0. The molecule has 0 bridgehead atoms. The summed E-state index contributed by atoms with van der Waals surface area (Å²) in [5.74, 6) is 0.238. The van der Waals surface area contributed by atoms with E-state index in [0.717, 1.165) is 24.2 Å². The lowest BCUT2D eigenvalue weighted by molar-refractivity contribution is -0.139. The van der Waals surface area contributed by atoms with E-state index in [2.05, 4.69) is 12.2 Å². The Morgan fingerprint density at radius 2 is 1.79 bits per heavy atom. The number of hydrogen-bond donors (Lipinski definition) is 1. The Hall–Kier alpha value is -3.28. The zero-order valence-electron chi connectivity index (χ0n) is 15.3. The number of ether oxygens (including phenoxy) is 2. The minimum absolute atomic E-state index is 0.0418. The lowest BCUT2D eigenvalue weighted by Gasteiger charge is -2.42. The fraction of sp³-hybridized carbons (Fsp3) is 0.273. The van der Waals surface area contributed by atoms with E-state index in [1.807, 2.05) is 29.2 Å². The summed E-state index contributed by atoms with van der Waals surface area (Å²) in [5.41, 5.74) is 1.29. The normalized spacial score (nSPS) is 16.9. The van der Waals surface area contributed by atoms with Gasteiger partial charge in [-0.15, -0.1) is 0 Å². The summed E-state index contributed by atoms with van der Waals surface area (Å²) in [6.07, 6.45) is 5.70. The van der Waals surface area contributed by atoms with E-state index in [1.54, 1.807) is 24.3 Å². The lowest BCUT2D eigenvalue weighted by atomic mass is 9.88. The molecule has 144 valence electrons. The standard InChI is InChI=1S/C22H21NO5/c24-20(25)15-27-18-7-5-17(6-8-18)21(26)23-13-11-22(12-14-23)10-9-16-3-1-2-4-19(16)28-22/h1-10H,11-15H2,(H,24,25). The third-order valence-electron chi connectivity index (χ3n) is 5.16. The highest BCUT2D eigenvalue weighted by molar-refractivity contribution is 5.94. The second kappa shape index (κ2) is 7.38. The van der Waals surface area contributed by atoms with Gasteiger partial charge in [0.15, 0.2) is 6.61 Å². The maximum atomic E-state index is 12.8. The first-order valence-corrected chi connectivity index (χ1v) is 9.26. The fourth-order valence-electron chi connectivity index (χ4n) is 3.58. The molecule has 1 spiro atoms. The molecule has 0 saturated carbocycles. The minimum Gasteiger partial charge on any atom is -0.482 e. The minimum atomic E-state index is -1.04. The van der Waals surface area contributed by atoms with Gasteiger partial charge in [-0.3, -0.25) is 4.79 Å². The second-order valence-electron chi connectivity index (χ2n) is 7.04. The van der Waals surface area contributed by atoms with Gasteiger partial charge >= 0.3 is 5.97 Å². The molecule has 1 amide bonds. The van der Waals surface area contributed by atoms with Crippen molar-refractivity contribution in [2.45, 2.75) is 18.4 Å². The van der Waals surface area contributed by atoms with Crippen LogP contribution in [-0.4, -0.2) is 47.2 Å². The molecule has 2 aliphatic heterocycles. The van der Waals surface area contributed by atoms with Gasteiger partial charge in [-0.05, 0) is 36.4 Å². The number of hydrogen-bond acceptors (Lipinski definition) is 4. The highest BCUT2D eigenvalue weighted by Crippen LogP contribution is 2.37. The first-order chi connectivity index (χ1) is 13.5. The van der Waals surface area contributed by atoms with E-state index in [4.69, 9.17) is 14.6 Å². The van der Waals surface area contributed by atoms with Gasteiger partial charge in [0.2, 0.25) is 0 Å². The van der Waals surface area contributed by atoms with Crippen molar-refractivity contribution in [3.63, 3.8) is 0 Å². The summed E-state index contributed by atoms with van der Waals surface area (Å²) in [5, 5.41) is 8.65. The molecule has 1 N–H and O–H groups in total. The number of likely N-dealkylation sites (tertiary alicyclic amines) is 1. The summed E-state index contributed by atoms with van der Waals surface area (Å²) < 4.78 is 11.4. The Morgan fingerprint density at radius 1 is 1.07 bits per heavy atom. The van der Waals surface area contributed by atoms with E-state index in [1.165, 1.54) is 0 Å². The number of rotatable bonds is 4. The number of carbonyl (C=O) groups excluding carboxylic acids is 1. The molecule has 1 saturated heterocycles. The van der Waals surface area contributed by atoms with Crippen molar-refractivity contribution in [1.82, 2.24) is 4.90 Å². The van der Waals surface area contributed by atoms with E-state index >= 15 is 0 Å². The molecule has 4 rings (SSSR count). The summed E-state index contributed by atoms with van der Waals surface area (Å²) in [4.78, 5) is 25.2. The van der Waals surface area contributed by atoms with Crippen LogP contribution in [0.15, 0.2) is 54.6 Å². The molecule has 0 unspecified atom stereocenters. The third-order valence-corrected chi connectivity index (χ3v) is 5.16. The molecule has 1 fully saturated rings. The maximum absolute atomic E-state index is 12.8. The van der Waals surface area contributed by atoms with Gasteiger partial charge in [0.1, 0.15) is 17.1 Å². The number of piperidine rings is 1. The van der Waals surface area contributed by atoms with Gasteiger partial charge in [-0.2, -0.15) is 0 Å². The van der Waals surface area contributed by atoms with Crippen LogP contribution in [0.2, 0.25) is 0 Å². The summed E-state index contributed by atoms with van der Waals surface area (Å²) >= 11 is 0. The van der Waals surface area contributed by atoms with Gasteiger partial charge in [-0.25, -0.2) is 4.79 Å². The molecule has 0 aromatic heterocycles. The smallest absolute Gasteiger partial charge is 0.341 e. The van der Waals surface area contributed by atoms with Crippen LogP contribution < -0.4 is 9.47 Å². The fourth-order valence-corrected chi connectivity index (χ4v) is 3.58. The molecule has 0 radical (unpaired) electrons. The highest BCUT2D eigenvalue weighted by Gasteiger charge is 2.37. The second-order valence-corrected chi connectivity index (χ2v) is 7.04. The average Bonchev–Trinajstić information content (AvgIpc) is 2.72. The van der Waals surface area contributed by atoms with Crippen LogP contribution in [0.25, 0.3) is 6.08 Å². The summed E-state index contributed by atoms with van der Waals surface area (Å²) in [6.45, 7) is 0.823. The van der Waals surface area contributed by atoms with Crippen molar-refractivity contribution in [2.24, 2.45) is 0 Å². The zero-order valence-corrected chi connectivity index (χ0v) is 15.3. The number of carboxylic acids is 1. The Balaban J connectivity index is 1.37. The number of carbonyl (C=O) groups is 2. The quantitative estimate of drug-likeness (QED) is 0.883. The number of fused-ring (bicyclic) bond motifs is 1. The van der Waals surface area contributed by atoms with Gasteiger partial charge in [-0.1, -0.05) is 24.3 Å². The molecule has 0 atom stereocenters. The Kier molecular flexibility index (Phi) is 4.77. The predicted molar refractivity (Wildman–Crippen MR) is 104 cm³/mol. The van der Waals surface area contributed by atoms with Crippen LogP contribution in [0, 0.1) is 0 Å². The lowest BCUT2D eigenvalue weighted by Crippen LogP contribution is -2.49. The molecule has 28 heavy (non-hydrogen) atoms. The van der Waals surface area contributed by atoms with Crippen molar-refractivity contribution in [3.05, 3.63) is 65.7 Å². The SMILES string of the molecule is O=C(O)COc1ccc(C(=O)N2CCC3(C=Cc4ccccc4O3)CC2)cc1. The largest absolute Gasteiger partial charge is 0.482 e. The monoisotopic (exact) mass is 379 g/mol. The Labute approximate surface area is 163 Å². The molecule has 6 nitrogen and oxygen atoms in total. The molecular formula is C22H21NO5. The molecule has 2 aromatic rings. The molecule has 2 aliphatic rings. The van der Waals surface area contributed by atoms with E-state index < -0.39 is 12.6 Å². The number of aliphatic carboxylic acids is 1. The van der Waals surface area contributed by atoms with Gasteiger partial charge in [0, 0.05) is 37.1 Å². The van der Waals surface area contributed by atoms with Crippen molar-refractivity contribution >= 4 is 18.0 Å². The maximum Gasteiger partial charge on any atom is 0.341 e. The summed E-state index contributed by atoms with van der Waals surface area (Å²) in [6, 6.07) is 14.5. The number of benzene rings is 2. The molecular weight excluding hydrogens is 358 g/mol. The molecule has 0 aliphatic carbocycles. The number of nitrogens with zero attached hydrogens (tertiary/aromatic N) is 1. The van der Waals surface area contributed by atoms with Crippen LogP contribution in [0.5, 0.6) is 11.5 Å². The van der Waals surface area contributed by atoms with Crippen LogP contribution >= 0.6 is 0 Å². The topological polar surface area (TPSA) is 76.1 Å². The number of carboxylic acid groups (broad SMARTS) is 1. The van der Waals surface area contributed by atoms with E-state index in [-0.39, 0.29) is 11.5 Å². The van der Waals surface area contributed by atoms with Crippen molar-refractivity contribution in [3.8, 4) is 11.5 Å². The van der Waals surface area contributed by atoms with Crippen LogP contribution in [0.4, 0.5) is 0 Å². The number of amides is 1. The predicted octanol–water partition coefficient (Wildman–Crippen LogP) is 3.23. The van der Waals surface area contributed by atoms with Crippen molar-refractivity contribution in [2.75, 3.05) is 19.7 Å². The molecule has 2 heterocycles. The van der Waals surface area contributed by atoms with Gasteiger partial charge in [0.05, 0.1) is 0 Å². The molecule has 2 aromatic carbocycles. The van der Waals surface area contributed by atoms with E-state index in [0.29, 0.717) is 24.4 Å². The van der Waals surface area contributed by atoms with Crippen LogP contribution in [0.3, 0.4) is 0 Å². The Bertz CT molecular complexity index is 911. The van der Waals surface area contributed by atoms with Gasteiger partial charge < -0.3 is 19.5 Å². The van der Waals surface area contributed by atoms with Crippen LogP contribution in [0.1, 0.15) is 28.8 Å². The van der Waals surface area contributed by atoms with Crippen molar-refractivity contribution in [1.29, 1.82) is 0 Å². The zero-order chi connectivity index (χ0) is 19.6. The first-order valence-electron chi connectivity index (χ1n) is 9.26. The first kappa shape index (κ1) is 18.1. The number of para-hydroxylation sites is 1. The van der Waals surface area contributed by atoms with Gasteiger partial charge in [0.25, 0.3) is 5.91 Å². The van der Waals surface area contributed by atoms with E-state index in [9.17, 15) is 9.59 Å². The molecule has 6 heteroatoms. The third kappa shape index (κ3) is 3.71. The highest BCUT2D eigenvalue weighted by atomic mass is 16.5. The Morgan fingerprint density at radius 3 is 2.50 bits per heavy atom. The average molecular weight is 379 g/mol.